The van der Waals surface area contributed by atoms with E-state index < -0.39 is 10.3 Å². The van der Waals surface area contributed by atoms with Gasteiger partial charge in [-0.2, -0.15) is 8.42 Å². The fraction of sp³-hybridized carbons (Fsp3) is 0.167. The Labute approximate surface area is 74.3 Å². The van der Waals surface area contributed by atoms with E-state index in [4.69, 9.17) is 9.08 Å². The largest absolute Gasteiger partial charge is 0.359 e. The predicted octanol–water partition coefficient (Wildman–Crippen LogP) is 0.264. The van der Waals surface area contributed by atoms with Crippen LogP contribution < -0.4 is 0 Å². The average Bonchev–Trinajstić information content (AvgIpc) is 2.47. The Hall–Kier alpha value is -1.34. The van der Waals surface area contributed by atoms with E-state index in [1.54, 1.807) is 0 Å². The van der Waals surface area contributed by atoms with E-state index in [1.165, 1.54) is 18.5 Å². The number of fused-ring (bicyclic) bond motifs is 1. The van der Waals surface area contributed by atoms with Gasteiger partial charge in [0.05, 0.1) is 12.7 Å². The van der Waals surface area contributed by atoms with Crippen LogP contribution in [0.4, 0.5) is 0 Å². The molecule has 13 heavy (non-hydrogen) atoms. The average molecular weight is 202 g/mol. The number of hydrogen-bond acceptors (Lipinski definition) is 4. The molecule has 1 aromatic heterocycles. The van der Waals surface area contributed by atoms with Crippen molar-refractivity contribution in [1.29, 1.82) is 0 Å². The molecule has 0 aromatic carbocycles. The molecule has 0 aliphatic carbocycles. The van der Waals surface area contributed by atoms with Gasteiger partial charge >= 0.3 is 10.3 Å². The summed E-state index contributed by atoms with van der Waals surface area (Å²) in [7, 11) is -4.17. The lowest BCUT2D eigenvalue weighted by Crippen LogP contribution is -2.26. The second-order valence-corrected chi connectivity index (χ2v) is 3.92. The van der Waals surface area contributed by atoms with Crippen LogP contribution in [0.5, 0.6) is 0 Å². The molecule has 7 heteroatoms. The smallest absolute Gasteiger partial charge is 0.357 e. The molecule has 0 radical (unpaired) electrons. The van der Waals surface area contributed by atoms with Crippen LogP contribution in [-0.4, -0.2) is 22.4 Å². The fourth-order valence-electron chi connectivity index (χ4n) is 1.06. The minimum atomic E-state index is -4.17. The lowest BCUT2D eigenvalue weighted by atomic mass is 10.2. The zero-order valence-electron chi connectivity index (χ0n) is 6.41. The summed E-state index contributed by atoms with van der Waals surface area (Å²) < 4.78 is 35.7. The molecule has 0 spiro atoms. The third-order valence-corrected chi connectivity index (χ3v) is 2.53. The third-order valence-electron chi connectivity index (χ3n) is 1.69. The van der Waals surface area contributed by atoms with Gasteiger partial charge in [0.15, 0.2) is 5.76 Å². The normalized spacial score (nSPS) is 15.9. The summed E-state index contributed by atoms with van der Waals surface area (Å²) in [5.74, 6) is 0.514. The third kappa shape index (κ3) is 1.43. The zero-order valence-corrected chi connectivity index (χ0v) is 7.23. The molecule has 2 heterocycles. The summed E-state index contributed by atoms with van der Waals surface area (Å²) in [4.78, 5) is 0. The fourth-order valence-corrected chi connectivity index (χ4v) is 1.57. The summed E-state index contributed by atoms with van der Waals surface area (Å²) in [5.41, 5.74) is 0.625. The van der Waals surface area contributed by atoms with Crippen LogP contribution in [0.2, 0.25) is 0 Å². The summed E-state index contributed by atoms with van der Waals surface area (Å²) in [6.45, 7) is 0.0498. The first-order valence-electron chi connectivity index (χ1n) is 3.43. The van der Waals surface area contributed by atoms with Gasteiger partial charge in [0.2, 0.25) is 0 Å². The van der Waals surface area contributed by atoms with E-state index in [1.807, 2.05) is 0 Å². The molecule has 0 saturated heterocycles. The van der Waals surface area contributed by atoms with Crippen molar-refractivity contribution in [1.82, 2.24) is 9.46 Å². The van der Waals surface area contributed by atoms with Crippen molar-refractivity contribution in [3.05, 3.63) is 23.7 Å². The van der Waals surface area contributed by atoms with E-state index in [-0.39, 0.29) is 6.54 Å². The molecular weight excluding hydrogens is 196 g/mol. The molecule has 0 amide bonds. The molecule has 6 nitrogen and oxygen atoms in total. The van der Waals surface area contributed by atoms with Crippen molar-refractivity contribution in [3.8, 4) is 0 Å². The van der Waals surface area contributed by atoms with Crippen LogP contribution in [-0.2, 0) is 16.8 Å². The van der Waals surface area contributed by atoms with Gasteiger partial charge in [0, 0.05) is 17.8 Å². The Balaban J connectivity index is 2.37. The van der Waals surface area contributed by atoms with E-state index >= 15 is 0 Å². The van der Waals surface area contributed by atoms with Gasteiger partial charge in [0.25, 0.3) is 0 Å². The lowest BCUT2D eigenvalue weighted by Gasteiger charge is -2.17. The van der Waals surface area contributed by atoms with Crippen LogP contribution >= 0.6 is 0 Å². The minimum absolute atomic E-state index is 0.0498. The Morgan fingerprint density at radius 1 is 1.62 bits per heavy atom. The van der Waals surface area contributed by atoms with Gasteiger partial charge in [-0.25, -0.2) is 0 Å². The van der Waals surface area contributed by atoms with Gasteiger partial charge in [-0.05, 0) is 0 Å². The first-order valence-corrected chi connectivity index (χ1v) is 4.83. The monoisotopic (exact) mass is 202 g/mol. The van der Waals surface area contributed by atoms with Crippen LogP contribution in [0.25, 0.3) is 6.08 Å². The molecule has 2 rings (SSSR count). The highest BCUT2D eigenvalue weighted by molar-refractivity contribution is 7.83. The zero-order chi connectivity index (χ0) is 9.47. The molecule has 0 saturated carbocycles. The standard InChI is InChI=1S/C6H6N2O4S/c9-13(10,11)8-2-1-6-5(4-8)3-7-12-6/h1-3H,4H2,(H,9,10,11). The Morgan fingerprint density at radius 2 is 2.38 bits per heavy atom. The SMILES string of the molecule is O=S(=O)(O)N1C=Cc2oncc2C1. The van der Waals surface area contributed by atoms with Crippen molar-refractivity contribution >= 4 is 16.4 Å². The molecule has 0 bridgehead atoms. The van der Waals surface area contributed by atoms with E-state index in [9.17, 15) is 8.42 Å². The highest BCUT2D eigenvalue weighted by atomic mass is 32.2. The van der Waals surface area contributed by atoms with Crippen molar-refractivity contribution < 1.29 is 17.5 Å². The molecular formula is C6H6N2O4S. The molecule has 0 atom stereocenters. The van der Waals surface area contributed by atoms with Crippen LogP contribution in [0, 0.1) is 0 Å². The van der Waals surface area contributed by atoms with Crippen molar-refractivity contribution in [2.24, 2.45) is 0 Å². The molecule has 1 aromatic rings. The number of aromatic nitrogens is 1. The molecule has 0 unspecified atom stereocenters. The number of hydrogen-bond donors (Lipinski definition) is 1. The summed E-state index contributed by atoms with van der Waals surface area (Å²) in [5, 5.41) is 3.49. The van der Waals surface area contributed by atoms with Gasteiger partial charge in [0.1, 0.15) is 0 Å². The predicted molar refractivity (Wildman–Crippen MR) is 42.6 cm³/mol. The second kappa shape index (κ2) is 2.57. The maximum absolute atomic E-state index is 10.7. The molecule has 70 valence electrons. The minimum Gasteiger partial charge on any atom is -0.357 e. The summed E-state index contributed by atoms with van der Waals surface area (Å²) in [6, 6.07) is 0. The number of rotatable bonds is 1. The van der Waals surface area contributed by atoms with Gasteiger partial charge < -0.3 is 4.52 Å². The Morgan fingerprint density at radius 3 is 3.08 bits per heavy atom. The highest BCUT2D eigenvalue weighted by Gasteiger charge is 2.21. The van der Waals surface area contributed by atoms with Crippen LogP contribution in [0.1, 0.15) is 11.3 Å². The van der Waals surface area contributed by atoms with E-state index in [0.29, 0.717) is 11.3 Å². The first kappa shape index (κ1) is 8.27. The van der Waals surface area contributed by atoms with Crippen molar-refractivity contribution in [2.75, 3.05) is 0 Å². The quantitative estimate of drug-likeness (QED) is 0.660. The van der Waals surface area contributed by atoms with Gasteiger partial charge in [-0.3, -0.25) is 8.86 Å². The molecule has 0 fully saturated rings. The van der Waals surface area contributed by atoms with Gasteiger partial charge in [-0.15, -0.1) is 0 Å². The van der Waals surface area contributed by atoms with Gasteiger partial charge in [-0.1, -0.05) is 5.16 Å². The van der Waals surface area contributed by atoms with Crippen LogP contribution in [0.3, 0.4) is 0 Å². The molecule has 1 N–H and O–H groups in total. The maximum atomic E-state index is 10.7. The Bertz CT molecular complexity index is 447. The molecule has 1 aliphatic heterocycles. The Kier molecular flexibility index (Phi) is 1.64. The second-order valence-electron chi connectivity index (χ2n) is 2.55. The summed E-state index contributed by atoms with van der Waals surface area (Å²) in [6.07, 6.45) is 4.07. The van der Waals surface area contributed by atoms with Crippen molar-refractivity contribution in [3.63, 3.8) is 0 Å². The lowest BCUT2D eigenvalue weighted by molar-refractivity contribution is 0.389. The van der Waals surface area contributed by atoms with Crippen LogP contribution in [0.15, 0.2) is 16.9 Å². The first-order chi connectivity index (χ1) is 6.07. The molecule has 1 aliphatic rings. The maximum Gasteiger partial charge on any atom is 0.359 e. The summed E-state index contributed by atoms with van der Waals surface area (Å²) >= 11 is 0. The van der Waals surface area contributed by atoms with Crippen molar-refractivity contribution in [2.45, 2.75) is 6.54 Å². The van der Waals surface area contributed by atoms with E-state index in [2.05, 4.69) is 5.16 Å². The van der Waals surface area contributed by atoms with E-state index in [0.717, 1.165) is 4.31 Å². The topological polar surface area (TPSA) is 83.6 Å². The highest BCUT2D eigenvalue weighted by Crippen LogP contribution is 2.20. The number of nitrogens with zero attached hydrogens (tertiary/aromatic N) is 2.